The molecule has 1 aromatic carbocycles. The van der Waals surface area contributed by atoms with E-state index in [4.69, 9.17) is 0 Å². The predicted octanol–water partition coefficient (Wildman–Crippen LogP) is 0.130. The Hall–Kier alpha value is -2.77. The van der Waals surface area contributed by atoms with Gasteiger partial charge in [0.15, 0.2) is 0 Å². The van der Waals surface area contributed by atoms with Crippen molar-refractivity contribution < 1.29 is 19.3 Å². The minimum atomic E-state index is -0.806. The summed E-state index contributed by atoms with van der Waals surface area (Å²) in [5.74, 6) is -1.54. The topological polar surface area (TPSA) is 118 Å². The van der Waals surface area contributed by atoms with Crippen LogP contribution in [-0.4, -0.2) is 28.7 Å². The summed E-state index contributed by atoms with van der Waals surface area (Å²) in [7, 11) is 0. The monoisotopic (exact) mass is 277 g/mol. The van der Waals surface area contributed by atoms with Crippen LogP contribution in [0.4, 0.5) is 5.69 Å². The first-order chi connectivity index (χ1) is 9.47. The molecule has 1 aromatic rings. The van der Waals surface area contributed by atoms with Gasteiger partial charge in [-0.3, -0.25) is 29.8 Å². The van der Waals surface area contributed by atoms with E-state index in [1.54, 1.807) is 0 Å². The molecule has 3 amide bonds. The molecule has 1 saturated heterocycles. The van der Waals surface area contributed by atoms with E-state index in [2.05, 4.69) is 10.6 Å². The zero-order valence-electron chi connectivity index (χ0n) is 10.3. The number of nitrogens with one attached hydrogen (secondary N) is 2. The molecule has 0 spiro atoms. The Balaban J connectivity index is 2.08. The van der Waals surface area contributed by atoms with Crippen molar-refractivity contribution >= 4 is 23.4 Å². The quantitative estimate of drug-likeness (QED) is 0.462. The molecule has 1 aliphatic rings. The largest absolute Gasteiger partial charge is 0.340 e. The third-order valence-corrected chi connectivity index (χ3v) is 2.86. The third-order valence-electron chi connectivity index (χ3n) is 2.86. The van der Waals surface area contributed by atoms with Gasteiger partial charge in [0, 0.05) is 24.1 Å². The zero-order chi connectivity index (χ0) is 14.7. The Kier molecular flexibility index (Phi) is 3.74. The summed E-state index contributed by atoms with van der Waals surface area (Å²) in [6, 6.07) is 4.38. The molecule has 8 heteroatoms. The van der Waals surface area contributed by atoms with Gasteiger partial charge in [0.25, 0.3) is 11.6 Å². The molecule has 0 radical (unpaired) electrons. The molecule has 0 aliphatic carbocycles. The van der Waals surface area contributed by atoms with E-state index in [-0.39, 0.29) is 30.0 Å². The highest BCUT2D eigenvalue weighted by Crippen LogP contribution is 2.13. The average Bonchev–Trinajstić information content (AvgIpc) is 2.42. The highest BCUT2D eigenvalue weighted by atomic mass is 16.6. The number of hydrogen-bond acceptors (Lipinski definition) is 5. The van der Waals surface area contributed by atoms with Gasteiger partial charge in [-0.25, -0.2) is 0 Å². The van der Waals surface area contributed by atoms with E-state index in [0.29, 0.717) is 0 Å². The Labute approximate surface area is 113 Å². The molecule has 8 nitrogen and oxygen atoms in total. The van der Waals surface area contributed by atoms with Crippen molar-refractivity contribution in [1.29, 1.82) is 0 Å². The van der Waals surface area contributed by atoms with Crippen LogP contribution in [-0.2, 0) is 9.59 Å². The van der Waals surface area contributed by atoms with E-state index < -0.39 is 22.8 Å². The first-order valence-electron chi connectivity index (χ1n) is 5.86. The van der Waals surface area contributed by atoms with Crippen LogP contribution in [0.15, 0.2) is 24.3 Å². The first-order valence-corrected chi connectivity index (χ1v) is 5.86. The van der Waals surface area contributed by atoms with Gasteiger partial charge < -0.3 is 5.32 Å². The molecule has 104 valence electrons. The lowest BCUT2D eigenvalue weighted by Crippen LogP contribution is -2.52. The Morgan fingerprint density at radius 3 is 2.80 bits per heavy atom. The lowest BCUT2D eigenvalue weighted by atomic mass is 10.1. The van der Waals surface area contributed by atoms with Gasteiger partial charge in [0.2, 0.25) is 11.8 Å². The maximum Gasteiger partial charge on any atom is 0.270 e. The van der Waals surface area contributed by atoms with Gasteiger partial charge in [0.1, 0.15) is 6.04 Å². The Morgan fingerprint density at radius 1 is 1.40 bits per heavy atom. The van der Waals surface area contributed by atoms with Gasteiger partial charge in [-0.05, 0) is 12.5 Å². The minimum absolute atomic E-state index is 0.0869. The zero-order valence-corrected chi connectivity index (χ0v) is 10.3. The van der Waals surface area contributed by atoms with Crippen LogP contribution in [0.2, 0.25) is 0 Å². The van der Waals surface area contributed by atoms with Crippen molar-refractivity contribution in [3.63, 3.8) is 0 Å². The van der Waals surface area contributed by atoms with Gasteiger partial charge in [-0.2, -0.15) is 0 Å². The van der Waals surface area contributed by atoms with Gasteiger partial charge in [-0.1, -0.05) is 6.07 Å². The maximum absolute atomic E-state index is 11.9. The highest BCUT2D eigenvalue weighted by molar-refractivity contribution is 6.03. The second-order valence-electron chi connectivity index (χ2n) is 4.28. The second kappa shape index (κ2) is 5.47. The molecule has 2 rings (SSSR count). The summed E-state index contributed by atoms with van der Waals surface area (Å²) in [4.78, 5) is 44.4. The maximum atomic E-state index is 11.9. The summed E-state index contributed by atoms with van der Waals surface area (Å²) in [5.41, 5.74) is -0.121. The second-order valence-corrected chi connectivity index (χ2v) is 4.28. The van der Waals surface area contributed by atoms with Gasteiger partial charge in [-0.15, -0.1) is 0 Å². The molecule has 0 aromatic heterocycles. The molecule has 1 atom stereocenters. The van der Waals surface area contributed by atoms with E-state index in [1.165, 1.54) is 18.2 Å². The van der Waals surface area contributed by atoms with E-state index in [1.807, 2.05) is 0 Å². The fourth-order valence-corrected chi connectivity index (χ4v) is 1.83. The number of nitrogens with zero attached hydrogens (tertiary/aromatic N) is 1. The number of benzene rings is 1. The molecule has 0 saturated carbocycles. The van der Waals surface area contributed by atoms with Crippen molar-refractivity contribution in [2.24, 2.45) is 0 Å². The number of nitro benzene ring substituents is 1. The number of non-ortho nitro benzene ring substituents is 1. The average molecular weight is 277 g/mol. The Bertz CT molecular complexity index is 599. The van der Waals surface area contributed by atoms with Crippen molar-refractivity contribution in [1.82, 2.24) is 10.6 Å². The third kappa shape index (κ3) is 2.97. The number of carbonyl (C=O) groups excluding carboxylic acids is 3. The lowest BCUT2D eigenvalue weighted by molar-refractivity contribution is -0.384. The molecule has 0 bridgehead atoms. The molecule has 2 N–H and O–H groups in total. The standard InChI is InChI=1S/C12H11N3O5/c16-10-5-4-9(12(18)14-10)13-11(17)7-2-1-3-8(6-7)15(19)20/h1-3,6,9H,4-5H2,(H,13,17)(H,14,16,18). The molecular weight excluding hydrogens is 266 g/mol. The summed E-state index contributed by atoms with van der Waals surface area (Å²) >= 11 is 0. The summed E-state index contributed by atoms with van der Waals surface area (Å²) in [6.07, 6.45) is 0.358. The minimum Gasteiger partial charge on any atom is -0.340 e. The number of hydrogen-bond donors (Lipinski definition) is 2. The Morgan fingerprint density at radius 2 is 2.15 bits per heavy atom. The fraction of sp³-hybridized carbons (Fsp3) is 0.250. The summed E-state index contributed by atoms with van der Waals surface area (Å²) in [6.45, 7) is 0. The van der Waals surface area contributed by atoms with Crippen LogP contribution in [0.25, 0.3) is 0 Å². The van der Waals surface area contributed by atoms with E-state index in [9.17, 15) is 24.5 Å². The summed E-state index contributed by atoms with van der Waals surface area (Å²) < 4.78 is 0. The van der Waals surface area contributed by atoms with Crippen LogP contribution in [0.3, 0.4) is 0 Å². The van der Waals surface area contributed by atoms with Crippen LogP contribution in [0.5, 0.6) is 0 Å². The smallest absolute Gasteiger partial charge is 0.270 e. The normalized spacial score (nSPS) is 18.3. The van der Waals surface area contributed by atoms with E-state index in [0.717, 1.165) is 6.07 Å². The van der Waals surface area contributed by atoms with Crippen LogP contribution in [0.1, 0.15) is 23.2 Å². The van der Waals surface area contributed by atoms with Crippen molar-refractivity contribution in [2.45, 2.75) is 18.9 Å². The van der Waals surface area contributed by atoms with Crippen LogP contribution < -0.4 is 10.6 Å². The van der Waals surface area contributed by atoms with Crippen molar-refractivity contribution in [3.05, 3.63) is 39.9 Å². The summed E-state index contributed by atoms with van der Waals surface area (Å²) in [5, 5.41) is 15.2. The lowest BCUT2D eigenvalue weighted by Gasteiger charge is -2.21. The molecule has 20 heavy (non-hydrogen) atoms. The number of nitro groups is 1. The number of carbonyl (C=O) groups is 3. The number of amides is 3. The van der Waals surface area contributed by atoms with E-state index >= 15 is 0 Å². The van der Waals surface area contributed by atoms with Crippen LogP contribution >= 0.6 is 0 Å². The van der Waals surface area contributed by atoms with Gasteiger partial charge in [0.05, 0.1) is 4.92 Å². The number of piperidine rings is 1. The van der Waals surface area contributed by atoms with Crippen molar-refractivity contribution in [2.75, 3.05) is 0 Å². The fourth-order valence-electron chi connectivity index (χ4n) is 1.83. The van der Waals surface area contributed by atoms with Gasteiger partial charge >= 0.3 is 0 Å². The SMILES string of the molecule is O=C1CCC(NC(=O)c2cccc([N+](=O)[O-])c2)C(=O)N1. The molecular formula is C12H11N3O5. The van der Waals surface area contributed by atoms with Crippen molar-refractivity contribution in [3.8, 4) is 0 Å². The molecule has 1 heterocycles. The first kappa shape index (κ1) is 13.7. The molecule has 1 fully saturated rings. The predicted molar refractivity (Wildman–Crippen MR) is 66.7 cm³/mol. The van der Waals surface area contributed by atoms with Crippen LogP contribution in [0, 0.1) is 10.1 Å². The molecule has 1 unspecified atom stereocenters. The highest BCUT2D eigenvalue weighted by Gasteiger charge is 2.28. The molecule has 1 aliphatic heterocycles. The number of rotatable bonds is 3. The number of imide groups is 1.